The molecule has 5 saturated heterocycles. The summed E-state index contributed by atoms with van der Waals surface area (Å²) in [5.74, 6) is 13.4. The topological polar surface area (TPSA) is 179 Å². The van der Waals surface area contributed by atoms with Gasteiger partial charge in [-0.1, -0.05) is 179 Å². The van der Waals surface area contributed by atoms with E-state index in [9.17, 15) is 0 Å². The minimum Gasteiger partial charge on any atom is -0.301 e. The van der Waals surface area contributed by atoms with Crippen LogP contribution in [0.1, 0.15) is 363 Å². The number of hydrogen-bond acceptors (Lipinski definition) is 18. The maximum atomic E-state index is 4.38. The first-order chi connectivity index (χ1) is 58.8. The standard InChI is InChI=1S/C21H37N5.C21H41N5.C17H33N5.C17H29N3.C17H33N3.C13H26N2/c1-19(2,3)9-10-21(7,8)17-26-16-18(22-23-26)15-24-11-13-25(14-12-24)20(4,5)6;1-20(2,3)17-19-18-26(23-22-19)12-10-8-7-9-11-24-13-15-25(16-14-24)21(4,5)6;1-16(2,3)13-15-14-22(19-18-15)12-9-20-7-10-21(11-8-20)17(4,5)6;1-15(2,3)9-10-17(7,8)13-20-12-14(18-19-20)11-16(4,5)6;1-16(2,3)11-8-7-9-13-20-14-15(18-19-20)10-12-17(4,5)6;1-11(2,3)14-7-13(8-14)9-15(10-13)12(4,5)6/h16H,11-15,17H2,1-8H3;18H,7-17H2,1-6H3;14H,7-13H2,1-6H3;12H,11,13H2,1-8H3;14H,7-13H2,1-6H3;7-10H2,1-6H3. The summed E-state index contributed by atoms with van der Waals surface area (Å²) in [4.78, 5) is 20.6. The van der Waals surface area contributed by atoms with Gasteiger partial charge in [0.05, 0.1) is 48.1 Å². The van der Waals surface area contributed by atoms with Crippen molar-refractivity contribution in [1.82, 2.24) is 114 Å². The molecule has 23 heteroatoms. The lowest BCUT2D eigenvalue weighted by atomic mass is 9.69. The summed E-state index contributed by atoms with van der Waals surface area (Å²) < 4.78 is 9.88. The van der Waals surface area contributed by atoms with Crippen LogP contribution in [0, 0.1) is 77.8 Å². The second-order valence-electron chi connectivity index (χ2n) is 53.5. The van der Waals surface area contributed by atoms with Gasteiger partial charge in [0.25, 0.3) is 0 Å². The van der Waals surface area contributed by atoms with Crippen LogP contribution < -0.4 is 0 Å². The summed E-state index contributed by atoms with van der Waals surface area (Å²) in [7, 11) is 0. The SMILES string of the molecule is CC(C)(C)C#CC(C)(C)Cn1cc(CC(C)(C)C)nn1.CC(C)(C)C#CC(C)(C)Cn1cc(CN2CCN(C(C)(C)C)CC2)nn1.CC(C)(C)CCCCCn1cc(CCC(C)(C)C)nn1.CC(C)(C)Cc1cn(CCCCCCN2CCN(C(C)(C)C)CC2)nn1.CC(C)(C)Cc1cn(CCN2CCN(C(C)(C)C)CC2)nn1.CC(C)(C)N1CC2(C1)CN(C(C)(C)C)C2. The Morgan fingerprint density at radius 1 is 0.256 bits per heavy atom. The summed E-state index contributed by atoms with van der Waals surface area (Å²) in [5.41, 5.74) is 9.19. The van der Waals surface area contributed by atoms with Crippen molar-refractivity contribution < 1.29 is 0 Å². The number of aryl methyl sites for hydroxylation is 3. The quantitative estimate of drug-likeness (QED) is 0.0376. The van der Waals surface area contributed by atoms with Gasteiger partial charge in [0.2, 0.25) is 0 Å². The van der Waals surface area contributed by atoms with E-state index in [2.05, 4.69) is 416 Å². The molecule has 0 N–H and O–H groups in total. The highest BCUT2D eigenvalue weighted by Crippen LogP contribution is 2.45. The van der Waals surface area contributed by atoms with Gasteiger partial charge in [-0.15, -0.1) is 25.5 Å². The second-order valence-corrected chi connectivity index (χ2v) is 53.5. The molecule has 0 bridgehead atoms. The van der Waals surface area contributed by atoms with E-state index in [1.807, 2.05) is 29.6 Å². The normalized spacial score (nSPS) is 17.6. The number of likely N-dealkylation sites (tertiary alicyclic amines) is 2. The van der Waals surface area contributed by atoms with E-state index in [4.69, 9.17) is 0 Å². The zero-order valence-corrected chi connectivity index (χ0v) is 91.3. The van der Waals surface area contributed by atoms with Crippen molar-refractivity contribution >= 4 is 0 Å². The van der Waals surface area contributed by atoms with Crippen LogP contribution in [-0.4, -0.2) is 260 Å². The zero-order valence-electron chi connectivity index (χ0n) is 91.3. The van der Waals surface area contributed by atoms with Crippen LogP contribution in [0.25, 0.3) is 0 Å². The smallest absolute Gasteiger partial charge is 0.0967 e. The van der Waals surface area contributed by atoms with Crippen LogP contribution in [0.4, 0.5) is 0 Å². The van der Waals surface area contributed by atoms with E-state index in [1.54, 1.807) is 0 Å². The fourth-order valence-electron chi connectivity index (χ4n) is 16.4. The van der Waals surface area contributed by atoms with Crippen LogP contribution >= 0.6 is 0 Å². The van der Waals surface area contributed by atoms with Gasteiger partial charge < -0.3 is 4.90 Å². The molecule has 0 saturated carbocycles. The van der Waals surface area contributed by atoms with Gasteiger partial charge >= 0.3 is 0 Å². The molecule has 1 spiro atoms. The molecule has 0 radical (unpaired) electrons. The Morgan fingerprint density at radius 3 is 0.868 bits per heavy atom. The van der Waals surface area contributed by atoms with Crippen molar-refractivity contribution in [3.8, 4) is 23.7 Å². The molecule has 10 rings (SSSR count). The second kappa shape index (κ2) is 47.8. The van der Waals surface area contributed by atoms with Crippen molar-refractivity contribution in [2.45, 2.75) is 427 Å². The molecule has 0 aromatic carbocycles. The van der Waals surface area contributed by atoms with Crippen LogP contribution in [0.15, 0.2) is 31.0 Å². The molecule has 0 atom stereocenters. The Kier molecular flexibility index (Phi) is 42.2. The molecule has 0 unspecified atom stereocenters. The van der Waals surface area contributed by atoms with Gasteiger partial charge in [0.15, 0.2) is 0 Å². The molecule has 0 amide bonds. The summed E-state index contributed by atoms with van der Waals surface area (Å²) in [6.45, 7) is 117. The monoisotopic (exact) mass is 1790 g/mol. The highest BCUT2D eigenvalue weighted by Gasteiger charge is 2.55. The number of aromatic nitrogens is 15. The van der Waals surface area contributed by atoms with Crippen molar-refractivity contribution in [2.24, 2.45) is 54.1 Å². The highest BCUT2D eigenvalue weighted by atomic mass is 15.5. The lowest BCUT2D eigenvalue weighted by molar-refractivity contribution is -0.167. The third-order valence-electron chi connectivity index (χ3n) is 24.3. The van der Waals surface area contributed by atoms with E-state index in [-0.39, 0.29) is 43.4 Å². The predicted molar refractivity (Wildman–Crippen MR) is 543 cm³/mol. The minimum atomic E-state index is -0.114. The van der Waals surface area contributed by atoms with Crippen molar-refractivity contribution in [1.29, 1.82) is 0 Å². The summed E-state index contributed by atoms with van der Waals surface area (Å²) in [5, 5.41) is 42.8. The zero-order chi connectivity index (χ0) is 97.5. The first kappa shape index (κ1) is 114. The average molecular weight is 1800 g/mol. The molecule has 5 aliphatic rings. The molecule has 5 aromatic rings. The average Bonchev–Trinajstić information content (AvgIpc) is 0.824. The van der Waals surface area contributed by atoms with Gasteiger partial charge in [-0.25, -0.2) is 0 Å². The van der Waals surface area contributed by atoms with Crippen molar-refractivity contribution in [3.63, 3.8) is 0 Å². The number of nitrogens with zero attached hydrogens (tertiary/aromatic N) is 23. The fourth-order valence-corrected chi connectivity index (χ4v) is 16.4. The fraction of sp³-hybridized carbons (Fsp3) is 0.868. The van der Waals surface area contributed by atoms with Gasteiger partial charge in [-0.05, 0) is 265 Å². The van der Waals surface area contributed by atoms with Crippen LogP contribution in [0.3, 0.4) is 0 Å². The Bertz CT molecular complexity index is 4060. The first-order valence-electron chi connectivity index (χ1n) is 50.2. The molecule has 0 aliphatic carbocycles. The van der Waals surface area contributed by atoms with Crippen LogP contribution in [0.5, 0.6) is 0 Å². The molecule has 5 aromatic heterocycles. The number of rotatable bonds is 26. The third-order valence-corrected chi connectivity index (χ3v) is 24.3. The first-order valence-corrected chi connectivity index (χ1v) is 50.2. The molecule has 129 heavy (non-hydrogen) atoms. The molecule has 10 heterocycles. The predicted octanol–water partition coefficient (Wildman–Crippen LogP) is 20.4. The number of piperazine rings is 3. The molecular formula is C106H199N23. The van der Waals surface area contributed by atoms with Gasteiger partial charge in [-0.3, -0.25) is 57.7 Å². The largest absolute Gasteiger partial charge is 0.301 e. The summed E-state index contributed by atoms with van der Waals surface area (Å²) >= 11 is 0. The van der Waals surface area contributed by atoms with E-state index >= 15 is 0 Å². The van der Waals surface area contributed by atoms with E-state index in [0.717, 1.165) is 159 Å². The molecule has 738 valence electrons. The van der Waals surface area contributed by atoms with Crippen LogP contribution in [-0.2, 0) is 65.0 Å². The molecule has 5 fully saturated rings. The molecule has 23 nitrogen and oxygen atoms in total. The Labute approximate surface area is 792 Å². The van der Waals surface area contributed by atoms with Crippen molar-refractivity contribution in [3.05, 3.63) is 59.5 Å². The molecule has 5 aliphatic heterocycles. The summed E-state index contributed by atoms with van der Waals surface area (Å²) in [6.07, 6.45) is 25.9. The highest BCUT2D eigenvalue weighted by molar-refractivity contribution is 5.16. The van der Waals surface area contributed by atoms with Crippen LogP contribution in [0.2, 0.25) is 0 Å². The van der Waals surface area contributed by atoms with E-state index < -0.39 is 0 Å². The van der Waals surface area contributed by atoms with Crippen molar-refractivity contribution in [2.75, 3.05) is 118 Å². The Morgan fingerprint density at radius 2 is 0.535 bits per heavy atom. The van der Waals surface area contributed by atoms with Gasteiger partial charge in [0, 0.05) is 217 Å². The maximum absolute atomic E-state index is 4.38. The number of hydrogen-bond donors (Lipinski definition) is 0. The Balaban J connectivity index is 0.000000276. The van der Waals surface area contributed by atoms with Gasteiger partial charge in [0.1, 0.15) is 0 Å². The van der Waals surface area contributed by atoms with E-state index in [0.29, 0.717) is 38.4 Å². The Hall–Kier alpha value is -5.50. The molecular weight excluding hydrogens is 1600 g/mol. The summed E-state index contributed by atoms with van der Waals surface area (Å²) in [6, 6.07) is 0. The third kappa shape index (κ3) is 48.5. The number of unbranched alkanes of at least 4 members (excludes halogenated alkanes) is 5. The maximum Gasteiger partial charge on any atom is 0.0967 e. The van der Waals surface area contributed by atoms with Gasteiger partial charge in [-0.2, -0.15) is 0 Å². The lowest BCUT2D eigenvalue weighted by Gasteiger charge is -2.66. The lowest BCUT2D eigenvalue weighted by Crippen LogP contribution is -2.76. The van der Waals surface area contributed by atoms with E-state index in [1.165, 1.54) is 110 Å². The minimum absolute atomic E-state index is 0.0278.